The van der Waals surface area contributed by atoms with E-state index in [0.717, 1.165) is 25.9 Å². The quantitative estimate of drug-likeness (QED) is 0.868. The first-order valence-corrected chi connectivity index (χ1v) is 6.25. The van der Waals surface area contributed by atoms with Gasteiger partial charge in [0.2, 0.25) is 11.8 Å². The summed E-state index contributed by atoms with van der Waals surface area (Å²) < 4.78 is 11.4. The number of aromatic nitrogens is 1. The summed E-state index contributed by atoms with van der Waals surface area (Å²) in [5.41, 5.74) is 0. The highest BCUT2D eigenvalue weighted by molar-refractivity contribution is 5.20. The molecule has 0 atom stereocenters. The molecule has 0 amide bonds. The van der Waals surface area contributed by atoms with Crippen LogP contribution in [0.5, 0.6) is 11.8 Å². The van der Waals surface area contributed by atoms with Gasteiger partial charge in [0, 0.05) is 12.1 Å². The van der Waals surface area contributed by atoms with Gasteiger partial charge in [0.15, 0.2) is 0 Å². The van der Waals surface area contributed by atoms with E-state index in [0.29, 0.717) is 11.8 Å². The minimum absolute atomic E-state index is 0.136. The summed E-state index contributed by atoms with van der Waals surface area (Å²) in [6, 6.07) is 5.66. The molecule has 1 fully saturated rings. The number of ether oxygens (including phenoxy) is 2. The third kappa shape index (κ3) is 3.89. The fraction of sp³-hybridized carbons (Fsp3) is 0.615. The molecule has 0 unspecified atom stereocenters. The summed E-state index contributed by atoms with van der Waals surface area (Å²) in [5.74, 6) is 1.29. The van der Waals surface area contributed by atoms with E-state index in [2.05, 4.69) is 10.3 Å². The van der Waals surface area contributed by atoms with Gasteiger partial charge in [-0.25, -0.2) is 0 Å². The molecule has 1 aromatic heterocycles. The monoisotopic (exact) mass is 236 g/mol. The van der Waals surface area contributed by atoms with Crippen molar-refractivity contribution >= 4 is 0 Å². The Bertz CT molecular complexity index is 349. The molecule has 0 spiro atoms. The molecule has 2 rings (SSSR count). The second-order valence-electron chi connectivity index (χ2n) is 4.55. The van der Waals surface area contributed by atoms with E-state index in [1.54, 1.807) is 0 Å². The van der Waals surface area contributed by atoms with Crippen molar-refractivity contribution in [2.24, 2.45) is 0 Å². The van der Waals surface area contributed by atoms with Crippen molar-refractivity contribution in [1.29, 1.82) is 0 Å². The van der Waals surface area contributed by atoms with Crippen molar-refractivity contribution in [3.05, 3.63) is 18.2 Å². The third-order valence-corrected chi connectivity index (χ3v) is 2.63. The van der Waals surface area contributed by atoms with E-state index in [-0.39, 0.29) is 12.2 Å². The zero-order chi connectivity index (χ0) is 12.1. The molecule has 1 aliphatic rings. The van der Waals surface area contributed by atoms with E-state index in [9.17, 15) is 0 Å². The lowest BCUT2D eigenvalue weighted by molar-refractivity contribution is 0.152. The van der Waals surface area contributed by atoms with Crippen molar-refractivity contribution in [3.8, 4) is 11.8 Å². The molecule has 2 heterocycles. The zero-order valence-corrected chi connectivity index (χ0v) is 10.5. The van der Waals surface area contributed by atoms with E-state index >= 15 is 0 Å². The molecule has 94 valence electrons. The molecule has 0 aromatic carbocycles. The first-order chi connectivity index (χ1) is 8.24. The van der Waals surface area contributed by atoms with Gasteiger partial charge in [0.25, 0.3) is 0 Å². The molecule has 4 nitrogen and oxygen atoms in total. The van der Waals surface area contributed by atoms with Crippen LogP contribution < -0.4 is 14.8 Å². The highest BCUT2D eigenvalue weighted by Gasteiger charge is 2.15. The van der Waals surface area contributed by atoms with Gasteiger partial charge in [-0.05, 0) is 39.8 Å². The molecule has 1 aliphatic heterocycles. The standard InChI is InChI=1S/C13H20N2O2/c1-10(2)16-12-4-3-5-13(15-12)17-11-6-8-14-9-7-11/h3-5,10-11,14H,6-9H2,1-2H3. The maximum absolute atomic E-state index is 5.85. The summed E-state index contributed by atoms with van der Waals surface area (Å²) in [6.45, 7) is 6.02. The largest absolute Gasteiger partial charge is 0.475 e. The molecular weight excluding hydrogens is 216 g/mol. The van der Waals surface area contributed by atoms with Crippen LogP contribution >= 0.6 is 0 Å². The van der Waals surface area contributed by atoms with E-state index in [1.165, 1.54) is 0 Å². The lowest BCUT2D eigenvalue weighted by Gasteiger charge is -2.23. The molecule has 0 bridgehead atoms. The van der Waals surface area contributed by atoms with E-state index in [1.807, 2.05) is 32.0 Å². The third-order valence-electron chi connectivity index (χ3n) is 2.63. The highest BCUT2D eigenvalue weighted by Crippen LogP contribution is 2.18. The lowest BCUT2D eigenvalue weighted by Crippen LogP contribution is -2.34. The van der Waals surface area contributed by atoms with Gasteiger partial charge < -0.3 is 14.8 Å². The summed E-state index contributed by atoms with van der Waals surface area (Å²) in [7, 11) is 0. The molecule has 0 radical (unpaired) electrons. The number of nitrogens with zero attached hydrogens (tertiary/aromatic N) is 1. The molecule has 17 heavy (non-hydrogen) atoms. The van der Waals surface area contributed by atoms with E-state index in [4.69, 9.17) is 9.47 Å². The number of piperidine rings is 1. The summed E-state index contributed by atoms with van der Waals surface area (Å²) >= 11 is 0. The molecular formula is C13H20N2O2. The molecule has 0 aliphatic carbocycles. The Morgan fingerprint density at radius 1 is 1.24 bits per heavy atom. The van der Waals surface area contributed by atoms with Gasteiger partial charge >= 0.3 is 0 Å². The van der Waals surface area contributed by atoms with Crippen molar-refractivity contribution in [2.45, 2.75) is 38.9 Å². The maximum Gasteiger partial charge on any atom is 0.216 e. The predicted molar refractivity (Wildman–Crippen MR) is 66.5 cm³/mol. The van der Waals surface area contributed by atoms with Gasteiger partial charge in [-0.15, -0.1) is 0 Å². The summed E-state index contributed by atoms with van der Waals surface area (Å²) in [6.07, 6.45) is 2.49. The van der Waals surface area contributed by atoms with Crippen LogP contribution in [0.25, 0.3) is 0 Å². The SMILES string of the molecule is CC(C)Oc1cccc(OC2CCNCC2)n1. The highest BCUT2D eigenvalue weighted by atomic mass is 16.5. The number of nitrogens with one attached hydrogen (secondary N) is 1. The van der Waals surface area contributed by atoms with Crippen LogP contribution in [0.2, 0.25) is 0 Å². The molecule has 1 aromatic rings. The normalized spacial score (nSPS) is 17.1. The number of rotatable bonds is 4. The smallest absolute Gasteiger partial charge is 0.216 e. The molecule has 4 heteroatoms. The van der Waals surface area contributed by atoms with Gasteiger partial charge in [-0.3, -0.25) is 0 Å². The van der Waals surface area contributed by atoms with Crippen LogP contribution in [0.4, 0.5) is 0 Å². The number of hydrogen-bond donors (Lipinski definition) is 1. The molecule has 1 saturated heterocycles. The van der Waals surface area contributed by atoms with Gasteiger partial charge in [-0.2, -0.15) is 4.98 Å². The fourth-order valence-electron chi connectivity index (χ4n) is 1.85. The van der Waals surface area contributed by atoms with Crippen molar-refractivity contribution in [2.75, 3.05) is 13.1 Å². The Hall–Kier alpha value is -1.29. The zero-order valence-electron chi connectivity index (χ0n) is 10.5. The average Bonchev–Trinajstić information content (AvgIpc) is 2.30. The van der Waals surface area contributed by atoms with Crippen molar-refractivity contribution in [1.82, 2.24) is 10.3 Å². The Kier molecular flexibility index (Phi) is 4.20. The summed E-state index contributed by atoms with van der Waals surface area (Å²) in [5, 5.41) is 3.31. The van der Waals surface area contributed by atoms with Gasteiger partial charge in [-0.1, -0.05) is 6.07 Å². The predicted octanol–water partition coefficient (Wildman–Crippen LogP) is 2.00. The van der Waals surface area contributed by atoms with Crippen molar-refractivity contribution in [3.63, 3.8) is 0 Å². The Morgan fingerprint density at radius 3 is 2.65 bits per heavy atom. The minimum atomic E-state index is 0.136. The second kappa shape index (κ2) is 5.87. The number of hydrogen-bond acceptors (Lipinski definition) is 4. The molecule has 1 N–H and O–H groups in total. The minimum Gasteiger partial charge on any atom is -0.475 e. The summed E-state index contributed by atoms with van der Waals surface area (Å²) in [4.78, 5) is 4.34. The number of pyridine rings is 1. The van der Waals surface area contributed by atoms with Crippen LogP contribution in [0.3, 0.4) is 0 Å². The van der Waals surface area contributed by atoms with Crippen LogP contribution in [0, 0.1) is 0 Å². The fourth-order valence-corrected chi connectivity index (χ4v) is 1.85. The Balaban J connectivity index is 1.95. The average molecular weight is 236 g/mol. The van der Waals surface area contributed by atoms with E-state index < -0.39 is 0 Å². The Labute approximate surface area is 102 Å². The van der Waals surface area contributed by atoms with Crippen molar-refractivity contribution < 1.29 is 9.47 Å². The van der Waals surface area contributed by atoms with Crippen LogP contribution in [0.1, 0.15) is 26.7 Å². The van der Waals surface area contributed by atoms with Crippen LogP contribution in [0.15, 0.2) is 18.2 Å². The topological polar surface area (TPSA) is 43.4 Å². The van der Waals surface area contributed by atoms with Gasteiger partial charge in [0.1, 0.15) is 6.10 Å². The first-order valence-electron chi connectivity index (χ1n) is 6.25. The second-order valence-corrected chi connectivity index (χ2v) is 4.55. The van der Waals surface area contributed by atoms with Crippen LogP contribution in [-0.2, 0) is 0 Å². The maximum atomic E-state index is 5.85. The Morgan fingerprint density at radius 2 is 1.94 bits per heavy atom. The van der Waals surface area contributed by atoms with Crippen LogP contribution in [-0.4, -0.2) is 30.3 Å². The molecule has 0 saturated carbocycles. The lowest BCUT2D eigenvalue weighted by atomic mass is 10.1. The first kappa shape index (κ1) is 12.2. The van der Waals surface area contributed by atoms with Gasteiger partial charge in [0.05, 0.1) is 6.10 Å².